The molecular formula is C15H15BrF2NO5PS. The van der Waals surface area contributed by atoms with Gasteiger partial charge in [-0.3, -0.25) is 14.7 Å². The zero-order valence-corrected chi connectivity index (χ0v) is 16.6. The monoisotopic (exact) mass is 469 g/mol. The van der Waals surface area contributed by atoms with E-state index in [1.165, 1.54) is 36.0 Å². The molecule has 0 unspecified atom stereocenters. The van der Waals surface area contributed by atoms with Crippen molar-refractivity contribution in [1.29, 1.82) is 0 Å². The number of halogens is 3. The molecule has 0 amide bonds. The van der Waals surface area contributed by atoms with Crippen LogP contribution in [-0.4, -0.2) is 20.5 Å². The van der Waals surface area contributed by atoms with Crippen LogP contribution in [0.4, 0.5) is 8.78 Å². The Labute approximate surface area is 161 Å². The predicted octanol–water partition coefficient (Wildman–Crippen LogP) is 4.81. The minimum Gasteiger partial charge on any atom is -0.320 e. The van der Waals surface area contributed by atoms with Gasteiger partial charge < -0.3 is 9.79 Å². The maximum atomic E-state index is 13.7. The molecule has 1 aromatic rings. The van der Waals surface area contributed by atoms with Crippen molar-refractivity contribution in [3.05, 3.63) is 80.5 Å². The normalized spacial score (nSPS) is 12.3. The second kappa shape index (κ2) is 9.05. The Morgan fingerprint density at radius 3 is 2.50 bits per heavy atom. The number of hydrogen-bond acceptors (Lipinski definition) is 4. The van der Waals surface area contributed by atoms with E-state index in [0.717, 1.165) is 6.07 Å². The summed E-state index contributed by atoms with van der Waals surface area (Å²) in [4.78, 5) is 27.4. The third-order valence-electron chi connectivity index (χ3n) is 3.03. The lowest BCUT2D eigenvalue weighted by atomic mass is 10.1. The quantitative estimate of drug-likeness (QED) is 0.233. The molecule has 2 N–H and O–H groups in total. The van der Waals surface area contributed by atoms with Gasteiger partial charge in [-0.05, 0) is 23.8 Å². The summed E-state index contributed by atoms with van der Waals surface area (Å²) in [7, 11) is -5.63. The maximum Gasteiger partial charge on any atom is 0.399 e. The third-order valence-corrected chi connectivity index (χ3v) is 5.77. The van der Waals surface area contributed by atoms with Crippen molar-refractivity contribution in [2.45, 2.75) is 11.4 Å². The Morgan fingerprint density at radius 1 is 1.38 bits per heavy atom. The molecule has 0 aliphatic carbocycles. The second-order valence-electron chi connectivity index (χ2n) is 5.13. The fraction of sp³-hybridized carbons (Fsp3) is 0.200. The van der Waals surface area contributed by atoms with Crippen molar-refractivity contribution in [3.63, 3.8) is 0 Å². The van der Waals surface area contributed by atoms with Gasteiger partial charge in [0.2, 0.25) is 0 Å². The van der Waals surface area contributed by atoms with Crippen LogP contribution in [0, 0.1) is 10.1 Å². The summed E-state index contributed by atoms with van der Waals surface area (Å²) >= 11 is 4.31. The van der Waals surface area contributed by atoms with Gasteiger partial charge >= 0.3 is 13.3 Å². The molecule has 1 aromatic carbocycles. The molecule has 0 fully saturated rings. The van der Waals surface area contributed by atoms with Gasteiger partial charge in [0, 0.05) is 27.6 Å². The molecule has 1 rings (SSSR count). The molecule has 142 valence electrons. The van der Waals surface area contributed by atoms with E-state index in [2.05, 4.69) is 29.1 Å². The van der Waals surface area contributed by atoms with E-state index in [1.807, 2.05) is 0 Å². The number of thioether (sulfide) groups is 1. The number of allylic oxidation sites excluding steroid dienone is 2. The predicted molar refractivity (Wildman–Crippen MR) is 101 cm³/mol. The maximum absolute atomic E-state index is 13.7. The Balaban J connectivity index is 2.70. The zero-order valence-electron chi connectivity index (χ0n) is 13.3. The largest absolute Gasteiger partial charge is 0.399 e. The number of rotatable bonds is 9. The van der Waals surface area contributed by atoms with Gasteiger partial charge in [0.05, 0.1) is 4.92 Å². The average Bonchev–Trinajstić information content (AvgIpc) is 2.51. The van der Waals surface area contributed by atoms with Crippen molar-refractivity contribution in [1.82, 2.24) is 0 Å². The molecule has 0 spiro atoms. The van der Waals surface area contributed by atoms with Crippen molar-refractivity contribution in [2.24, 2.45) is 0 Å². The lowest BCUT2D eigenvalue weighted by molar-refractivity contribution is -0.418. The SMILES string of the molecule is C=C(/C=C\C(=C)[N+](=O)[O-])CSCc1ccc(C(F)(F)P(=O)(O)O)c(Br)c1. The zero-order chi connectivity index (χ0) is 20.1. The van der Waals surface area contributed by atoms with E-state index in [0.29, 0.717) is 22.6 Å². The van der Waals surface area contributed by atoms with Crippen LogP contribution in [-0.2, 0) is 16.0 Å². The number of alkyl halides is 2. The minimum atomic E-state index is -5.63. The summed E-state index contributed by atoms with van der Waals surface area (Å²) < 4.78 is 38.3. The fourth-order valence-electron chi connectivity index (χ4n) is 1.67. The van der Waals surface area contributed by atoms with Crippen LogP contribution < -0.4 is 0 Å². The molecule has 0 atom stereocenters. The first-order valence-electron chi connectivity index (χ1n) is 6.85. The van der Waals surface area contributed by atoms with Crippen LogP contribution in [0.3, 0.4) is 0 Å². The van der Waals surface area contributed by atoms with Gasteiger partial charge in [-0.2, -0.15) is 20.5 Å². The highest BCUT2D eigenvalue weighted by Gasteiger charge is 2.51. The van der Waals surface area contributed by atoms with E-state index in [-0.39, 0.29) is 10.2 Å². The Bertz CT molecular complexity index is 809. The topological polar surface area (TPSA) is 101 Å². The highest BCUT2D eigenvalue weighted by Crippen LogP contribution is 2.60. The van der Waals surface area contributed by atoms with Gasteiger partial charge in [-0.1, -0.05) is 40.7 Å². The molecule has 26 heavy (non-hydrogen) atoms. The third kappa shape index (κ3) is 6.14. The van der Waals surface area contributed by atoms with Crippen LogP contribution in [0.2, 0.25) is 0 Å². The lowest BCUT2D eigenvalue weighted by Crippen LogP contribution is -2.14. The molecule has 0 aliphatic heterocycles. The molecule has 6 nitrogen and oxygen atoms in total. The van der Waals surface area contributed by atoms with Crippen LogP contribution in [0.25, 0.3) is 0 Å². The van der Waals surface area contributed by atoms with E-state index in [9.17, 15) is 23.5 Å². The summed E-state index contributed by atoms with van der Waals surface area (Å²) in [5, 5.41) is 10.4. The molecule has 0 aromatic heterocycles. The van der Waals surface area contributed by atoms with Crippen molar-refractivity contribution in [2.75, 3.05) is 5.75 Å². The van der Waals surface area contributed by atoms with Gasteiger partial charge in [0.25, 0.3) is 5.70 Å². The first kappa shape index (κ1) is 22.7. The first-order valence-corrected chi connectivity index (χ1v) is 10.4. The second-order valence-corrected chi connectivity index (χ2v) is 8.62. The average molecular weight is 470 g/mol. The van der Waals surface area contributed by atoms with E-state index >= 15 is 0 Å². The van der Waals surface area contributed by atoms with Gasteiger partial charge in [-0.15, -0.1) is 0 Å². The van der Waals surface area contributed by atoms with E-state index in [1.54, 1.807) is 0 Å². The highest BCUT2D eigenvalue weighted by molar-refractivity contribution is 9.10. The molecule has 11 heteroatoms. The van der Waals surface area contributed by atoms with E-state index in [4.69, 9.17) is 9.79 Å². The van der Waals surface area contributed by atoms with Gasteiger partial charge in [-0.25, -0.2) is 0 Å². The highest BCUT2D eigenvalue weighted by atomic mass is 79.9. The number of benzene rings is 1. The molecule has 0 aliphatic rings. The first-order chi connectivity index (χ1) is 11.9. The Hall–Kier alpha value is -1.32. The van der Waals surface area contributed by atoms with Crippen molar-refractivity contribution >= 4 is 35.3 Å². The van der Waals surface area contributed by atoms with Crippen LogP contribution >= 0.6 is 35.3 Å². The minimum absolute atomic E-state index is 0.107. The van der Waals surface area contributed by atoms with Crippen LogP contribution in [0.15, 0.2) is 59.3 Å². The molecule has 0 radical (unpaired) electrons. The van der Waals surface area contributed by atoms with Gasteiger partial charge in [0.1, 0.15) is 0 Å². The molecule has 0 heterocycles. The van der Waals surface area contributed by atoms with E-state index < -0.39 is 23.7 Å². The smallest absolute Gasteiger partial charge is 0.320 e. The summed E-state index contributed by atoms with van der Waals surface area (Å²) in [5.41, 5.74) is -4.07. The number of nitrogens with zero attached hydrogens (tertiary/aromatic N) is 1. The Morgan fingerprint density at radius 2 is 2.00 bits per heavy atom. The molecular weight excluding hydrogens is 455 g/mol. The van der Waals surface area contributed by atoms with Crippen LogP contribution in [0.1, 0.15) is 11.1 Å². The number of hydrogen-bond donors (Lipinski definition) is 2. The lowest BCUT2D eigenvalue weighted by Gasteiger charge is -2.19. The van der Waals surface area contributed by atoms with Crippen molar-refractivity contribution in [3.8, 4) is 0 Å². The fourth-order valence-corrected chi connectivity index (χ4v) is 3.89. The molecule has 0 saturated carbocycles. The van der Waals surface area contributed by atoms with Crippen LogP contribution in [0.5, 0.6) is 0 Å². The Kier molecular flexibility index (Phi) is 7.91. The van der Waals surface area contributed by atoms with Gasteiger partial charge in [0.15, 0.2) is 0 Å². The molecule has 0 saturated heterocycles. The summed E-state index contributed by atoms with van der Waals surface area (Å²) in [5.74, 6) is 0.864. The standard InChI is InChI=1S/C15H15BrF2NO5PS/c1-10(3-4-11(2)19(20)21)8-26-9-12-5-6-13(14(16)7-12)15(17,18)25(22,23)24/h3-7H,1-2,8-9H2,(H2,22,23,24)/b4-3-. The summed E-state index contributed by atoms with van der Waals surface area (Å²) in [6.45, 7) is 6.99. The number of nitro groups is 1. The summed E-state index contributed by atoms with van der Waals surface area (Å²) in [6, 6.07) is 3.68. The van der Waals surface area contributed by atoms with Crippen molar-refractivity contribution < 1.29 is 28.1 Å². The summed E-state index contributed by atoms with van der Waals surface area (Å²) in [6.07, 6.45) is 2.70. The molecule has 0 bridgehead atoms.